The lowest BCUT2D eigenvalue weighted by Crippen LogP contribution is -2.47. The Bertz CT molecular complexity index is 212. The average Bonchev–Trinajstić information content (AvgIpc) is 2.30. The minimum atomic E-state index is -0.323. The molecule has 1 fully saturated rings. The van der Waals surface area contributed by atoms with Crippen molar-refractivity contribution < 1.29 is 4.79 Å². The fraction of sp³-hybridized carbons (Fsp3) is 0.923. The van der Waals surface area contributed by atoms with Crippen LogP contribution in [0.1, 0.15) is 58.8 Å². The first-order chi connectivity index (χ1) is 7.65. The first-order valence-corrected chi connectivity index (χ1v) is 6.71. The van der Waals surface area contributed by atoms with Crippen LogP contribution >= 0.6 is 0 Å². The van der Waals surface area contributed by atoms with E-state index in [4.69, 9.17) is 5.73 Å². The lowest BCUT2D eigenvalue weighted by atomic mass is 9.84. The molecule has 94 valence electrons. The third-order valence-corrected chi connectivity index (χ3v) is 3.66. The third-order valence-electron chi connectivity index (χ3n) is 3.66. The highest BCUT2D eigenvalue weighted by Gasteiger charge is 2.23. The van der Waals surface area contributed by atoms with Crippen molar-refractivity contribution in [3.05, 3.63) is 0 Å². The number of hydrogen-bond acceptors (Lipinski definition) is 2. The van der Waals surface area contributed by atoms with Crippen LogP contribution in [0.15, 0.2) is 0 Å². The van der Waals surface area contributed by atoms with Crippen LogP contribution in [-0.2, 0) is 4.79 Å². The van der Waals surface area contributed by atoms with Crippen LogP contribution < -0.4 is 11.1 Å². The van der Waals surface area contributed by atoms with Gasteiger partial charge in [-0.3, -0.25) is 4.79 Å². The van der Waals surface area contributed by atoms with E-state index in [1.807, 2.05) is 0 Å². The molecule has 3 heteroatoms. The van der Waals surface area contributed by atoms with E-state index in [2.05, 4.69) is 19.2 Å². The van der Waals surface area contributed by atoms with E-state index in [0.29, 0.717) is 5.92 Å². The maximum atomic E-state index is 11.7. The van der Waals surface area contributed by atoms with E-state index in [1.165, 1.54) is 32.1 Å². The number of hydrogen-bond donors (Lipinski definition) is 2. The van der Waals surface area contributed by atoms with E-state index in [9.17, 15) is 4.79 Å². The van der Waals surface area contributed by atoms with Crippen molar-refractivity contribution in [1.29, 1.82) is 0 Å². The highest BCUT2D eigenvalue weighted by atomic mass is 16.2. The van der Waals surface area contributed by atoms with Crippen molar-refractivity contribution in [2.45, 2.75) is 70.9 Å². The van der Waals surface area contributed by atoms with Crippen molar-refractivity contribution in [2.75, 3.05) is 0 Å². The molecule has 1 aliphatic rings. The Labute approximate surface area is 99.2 Å². The molecule has 0 aromatic rings. The molecule has 0 aliphatic heterocycles. The van der Waals surface area contributed by atoms with Crippen LogP contribution in [0.25, 0.3) is 0 Å². The molecule has 0 aromatic carbocycles. The summed E-state index contributed by atoms with van der Waals surface area (Å²) in [5.41, 5.74) is 5.79. The highest BCUT2D eigenvalue weighted by Crippen LogP contribution is 2.26. The summed E-state index contributed by atoms with van der Waals surface area (Å²) in [6.45, 7) is 4.17. The van der Waals surface area contributed by atoms with Crippen molar-refractivity contribution in [3.8, 4) is 0 Å². The highest BCUT2D eigenvalue weighted by molar-refractivity contribution is 5.81. The maximum Gasteiger partial charge on any atom is 0.237 e. The van der Waals surface area contributed by atoms with Crippen LogP contribution in [0.5, 0.6) is 0 Å². The predicted molar refractivity (Wildman–Crippen MR) is 67.1 cm³/mol. The van der Waals surface area contributed by atoms with Crippen LogP contribution in [0.4, 0.5) is 0 Å². The second-order valence-electron chi connectivity index (χ2n) is 5.09. The number of nitrogens with two attached hydrogens (primary N) is 1. The van der Waals surface area contributed by atoms with Gasteiger partial charge in [0.25, 0.3) is 0 Å². The SMILES string of the molecule is CCC[C@H](N)C(=O)N[C@@H](C)C1CCCCC1. The van der Waals surface area contributed by atoms with Gasteiger partial charge in [0.1, 0.15) is 0 Å². The fourth-order valence-corrected chi connectivity index (χ4v) is 2.53. The number of carbonyl (C=O) groups is 1. The first-order valence-electron chi connectivity index (χ1n) is 6.71. The predicted octanol–water partition coefficient (Wildman–Crippen LogP) is 2.20. The quantitative estimate of drug-likeness (QED) is 0.755. The summed E-state index contributed by atoms with van der Waals surface area (Å²) >= 11 is 0. The molecule has 0 heterocycles. The Morgan fingerprint density at radius 1 is 1.38 bits per heavy atom. The summed E-state index contributed by atoms with van der Waals surface area (Å²) in [4.78, 5) is 11.7. The zero-order valence-corrected chi connectivity index (χ0v) is 10.7. The smallest absolute Gasteiger partial charge is 0.237 e. The van der Waals surface area contributed by atoms with Crippen molar-refractivity contribution in [2.24, 2.45) is 11.7 Å². The molecule has 1 rings (SSSR count). The molecule has 1 amide bonds. The normalized spacial score (nSPS) is 21.4. The molecule has 0 unspecified atom stereocenters. The van der Waals surface area contributed by atoms with Crippen molar-refractivity contribution in [1.82, 2.24) is 5.32 Å². The van der Waals surface area contributed by atoms with Crippen LogP contribution in [-0.4, -0.2) is 18.0 Å². The molecule has 0 saturated heterocycles. The summed E-state index contributed by atoms with van der Waals surface area (Å²) < 4.78 is 0. The van der Waals surface area contributed by atoms with Crippen molar-refractivity contribution >= 4 is 5.91 Å². The van der Waals surface area contributed by atoms with Gasteiger partial charge in [-0.25, -0.2) is 0 Å². The van der Waals surface area contributed by atoms with Gasteiger partial charge in [0.15, 0.2) is 0 Å². The molecular weight excluding hydrogens is 200 g/mol. The van der Waals surface area contributed by atoms with E-state index in [-0.39, 0.29) is 18.0 Å². The minimum absolute atomic E-state index is 0.0277. The standard InChI is InChI=1S/C13H26N2O/c1-3-7-12(14)13(16)15-10(2)11-8-5-4-6-9-11/h10-12H,3-9,14H2,1-2H3,(H,15,16)/t10-,12-/m0/s1. The molecule has 3 N–H and O–H groups in total. The lowest BCUT2D eigenvalue weighted by molar-refractivity contribution is -0.123. The van der Waals surface area contributed by atoms with E-state index < -0.39 is 0 Å². The lowest BCUT2D eigenvalue weighted by Gasteiger charge is -2.29. The van der Waals surface area contributed by atoms with E-state index in [1.54, 1.807) is 0 Å². The Morgan fingerprint density at radius 3 is 2.56 bits per heavy atom. The monoisotopic (exact) mass is 226 g/mol. The first kappa shape index (κ1) is 13.5. The molecule has 0 bridgehead atoms. The number of rotatable bonds is 5. The van der Waals surface area contributed by atoms with Crippen LogP contribution in [0.2, 0.25) is 0 Å². The summed E-state index contributed by atoms with van der Waals surface area (Å²) in [6.07, 6.45) is 8.23. The zero-order chi connectivity index (χ0) is 12.0. The number of nitrogens with one attached hydrogen (secondary N) is 1. The van der Waals surface area contributed by atoms with Gasteiger partial charge < -0.3 is 11.1 Å². The van der Waals surface area contributed by atoms with Gasteiger partial charge in [-0.1, -0.05) is 32.6 Å². The maximum absolute atomic E-state index is 11.7. The Morgan fingerprint density at radius 2 is 2.00 bits per heavy atom. The molecule has 3 nitrogen and oxygen atoms in total. The Balaban J connectivity index is 2.31. The molecule has 2 atom stereocenters. The third kappa shape index (κ3) is 4.12. The van der Waals surface area contributed by atoms with E-state index in [0.717, 1.165) is 12.8 Å². The molecule has 0 spiro atoms. The molecule has 0 aromatic heterocycles. The molecule has 1 aliphatic carbocycles. The van der Waals surface area contributed by atoms with Crippen molar-refractivity contribution in [3.63, 3.8) is 0 Å². The number of amides is 1. The van der Waals surface area contributed by atoms with Gasteiger partial charge in [-0.2, -0.15) is 0 Å². The summed E-state index contributed by atoms with van der Waals surface area (Å²) in [7, 11) is 0. The summed E-state index contributed by atoms with van der Waals surface area (Å²) in [6, 6.07) is -0.0354. The second-order valence-corrected chi connectivity index (χ2v) is 5.09. The van der Waals surface area contributed by atoms with Crippen LogP contribution in [0, 0.1) is 5.92 Å². The topological polar surface area (TPSA) is 55.1 Å². The zero-order valence-electron chi connectivity index (χ0n) is 10.7. The Kier molecular flexibility index (Phi) is 5.81. The second kappa shape index (κ2) is 6.89. The molecule has 0 radical (unpaired) electrons. The van der Waals surface area contributed by atoms with E-state index >= 15 is 0 Å². The summed E-state index contributed by atoms with van der Waals surface area (Å²) in [5.74, 6) is 0.687. The molecule has 16 heavy (non-hydrogen) atoms. The molecular formula is C13H26N2O. The van der Waals surface area contributed by atoms with Gasteiger partial charge in [-0.15, -0.1) is 0 Å². The van der Waals surface area contributed by atoms with Crippen LogP contribution in [0.3, 0.4) is 0 Å². The van der Waals surface area contributed by atoms with Gasteiger partial charge in [0.2, 0.25) is 5.91 Å². The largest absolute Gasteiger partial charge is 0.352 e. The van der Waals surface area contributed by atoms with Gasteiger partial charge in [0.05, 0.1) is 6.04 Å². The fourth-order valence-electron chi connectivity index (χ4n) is 2.53. The Hall–Kier alpha value is -0.570. The number of carbonyl (C=O) groups excluding carboxylic acids is 1. The molecule has 1 saturated carbocycles. The van der Waals surface area contributed by atoms with Gasteiger partial charge in [-0.05, 0) is 32.1 Å². The van der Waals surface area contributed by atoms with Gasteiger partial charge in [0, 0.05) is 6.04 Å². The van der Waals surface area contributed by atoms with Gasteiger partial charge >= 0.3 is 0 Å². The average molecular weight is 226 g/mol. The minimum Gasteiger partial charge on any atom is -0.352 e. The summed E-state index contributed by atoms with van der Waals surface area (Å²) in [5, 5.41) is 3.07.